The van der Waals surface area contributed by atoms with Gasteiger partial charge in [-0.15, -0.1) is 0 Å². The Bertz CT molecular complexity index is 702. The number of benzene rings is 2. The molecule has 2 aromatic carbocycles. The third kappa shape index (κ3) is 6.82. The highest BCUT2D eigenvalue weighted by Gasteiger charge is 2.17. The van der Waals surface area contributed by atoms with E-state index in [-0.39, 0.29) is 16.5 Å². The minimum atomic E-state index is -0.290. The molecule has 3 heteroatoms. The van der Waals surface area contributed by atoms with Gasteiger partial charge < -0.3 is 0 Å². The minimum Gasteiger partial charge on any atom is -0.258 e. The van der Waals surface area contributed by atoms with Crippen LogP contribution in [-0.2, 0) is 0 Å². The van der Waals surface area contributed by atoms with Gasteiger partial charge in [0.05, 0.1) is 4.92 Å². The first kappa shape index (κ1) is 22.9. The van der Waals surface area contributed by atoms with E-state index in [4.69, 9.17) is 0 Å². The lowest BCUT2D eigenvalue weighted by Gasteiger charge is -2.10. The van der Waals surface area contributed by atoms with Crippen LogP contribution in [0.4, 0.5) is 5.69 Å². The van der Waals surface area contributed by atoms with Crippen LogP contribution in [0, 0.1) is 10.1 Å². The van der Waals surface area contributed by atoms with Crippen LogP contribution >= 0.6 is 0 Å². The molecule has 0 heterocycles. The lowest BCUT2D eigenvalue weighted by atomic mass is 9.95. The van der Waals surface area contributed by atoms with Crippen LogP contribution in [0.2, 0.25) is 0 Å². The Balaban J connectivity index is 0.000000277. The molecule has 0 atom stereocenters. The molecule has 0 fully saturated rings. The van der Waals surface area contributed by atoms with E-state index in [1.165, 1.54) is 11.1 Å². The second kappa shape index (κ2) is 10.2. The largest absolute Gasteiger partial charge is 0.273 e. The van der Waals surface area contributed by atoms with Crippen molar-refractivity contribution in [3.8, 4) is 0 Å². The predicted molar refractivity (Wildman–Crippen MR) is 116 cm³/mol. The van der Waals surface area contributed by atoms with Gasteiger partial charge in [-0.1, -0.05) is 91.8 Å². The summed E-state index contributed by atoms with van der Waals surface area (Å²) in [5, 5.41) is 10.9. The van der Waals surface area contributed by atoms with Gasteiger partial charge in [-0.3, -0.25) is 10.1 Å². The summed E-state index contributed by atoms with van der Waals surface area (Å²) in [4.78, 5) is 10.6. The second-order valence-corrected chi connectivity index (χ2v) is 8.36. The Labute approximate surface area is 165 Å². The molecular formula is C24H35NO2. The molecule has 0 bridgehead atoms. The van der Waals surface area contributed by atoms with Crippen LogP contribution in [0.5, 0.6) is 0 Å². The van der Waals surface area contributed by atoms with Gasteiger partial charge in [0.15, 0.2) is 0 Å². The first-order valence-electron chi connectivity index (χ1n) is 9.92. The molecule has 0 aliphatic rings. The number of hydrogen-bond acceptors (Lipinski definition) is 2. The summed E-state index contributed by atoms with van der Waals surface area (Å²) in [6.45, 7) is 16.9. The first-order chi connectivity index (χ1) is 12.5. The monoisotopic (exact) mass is 369 g/mol. The van der Waals surface area contributed by atoms with E-state index < -0.39 is 0 Å². The van der Waals surface area contributed by atoms with Gasteiger partial charge in [0.2, 0.25) is 0 Å². The molecule has 0 saturated carbocycles. The highest BCUT2D eigenvalue weighted by molar-refractivity contribution is 5.45. The number of nitro benzene ring substituents is 1. The fraction of sp³-hybridized carbons (Fsp3) is 0.500. The Morgan fingerprint density at radius 3 is 1.30 bits per heavy atom. The Morgan fingerprint density at radius 1 is 0.630 bits per heavy atom. The predicted octanol–water partition coefficient (Wildman–Crippen LogP) is 7.78. The van der Waals surface area contributed by atoms with Crippen LogP contribution in [0.25, 0.3) is 0 Å². The lowest BCUT2D eigenvalue weighted by molar-refractivity contribution is -0.385. The third-order valence-corrected chi connectivity index (χ3v) is 4.81. The standard InChI is InChI=1S/C12H17NO2.C12H18/c1-8(2)10-5-6-11(9(3)4)12(7-10)13(14)15;1-9(2)11-5-7-12(8-6-11)10(3)4/h5-9H,1-4H3;5-10H,1-4H3. The van der Waals surface area contributed by atoms with Crippen LogP contribution in [0.3, 0.4) is 0 Å². The molecule has 0 aromatic heterocycles. The van der Waals surface area contributed by atoms with Gasteiger partial charge in [0.25, 0.3) is 5.69 Å². The zero-order valence-electron chi connectivity index (χ0n) is 18.1. The van der Waals surface area contributed by atoms with Crippen molar-refractivity contribution >= 4 is 5.69 Å². The van der Waals surface area contributed by atoms with E-state index in [1.807, 2.05) is 39.8 Å². The number of nitrogens with zero attached hydrogens (tertiary/aromatic N) is 1. The van der Waals surface area contributed by atoms with Crippen molar-refractivity contribution in [1.82, 2.24) is 0 Å². The summed E-state index contributed by atoms with van der Waals surface area (Å²) < 4.78 is 0. The zero-order chi connectivity index (χ0) is 20.7. The molecule has 0 saturated heterocycles. The Morgan fingerprint density at radius 2 is 1.00 bits per heavy atom. The molecule has 27 heavy (non-hydrogen) atoms. The fourth-order valence-corrected chi connectivity index (χ4v) is 2.83. The lowest BCUT2D eigenvalue weighted by Crippen LogP contribution is -1.99. The van der Waals surface area contributed by atoms with E-state index in [1.54, 1.807) is 6.07 Å². The molecule has 0 unspecified atom stereocenters. The number of rotatable bonds is 5. The Kier molecular flexibility index (Phi) is 8.68. The molecule has 3 nitrogen and oxygen atoms in total. The molecule has 148 valence electrons. The van der Waals surface area contributed by atoms with Crippen LogP contribution < -0.4 is 0 Å². The molecule has 2 aromatic rings. The molecule has 0 aliphatic heterocycles. The summed E-state index contributed by atoms with van der Waals surface area (Å²) in [6.07, 6.45) is 0. The van der Waals surface area contributed by atoms with E-state index in [0.29, 0.717) is 17.8 Å². The van der Waals surface area contributed by atoms with Crippen molar-refractivity contribution in [2.24, 2.45) is 0 Å². The quantitative estimate of drug-likeness (QED) is 0.399. The molecule has 0 aliphatic carbocycles. The van der Waals surface area contributed by atoms with E-state index in [0.717, 1.165) is 11.1 Å². The average molecular weight is 370 g/mol. The zero-order valence-corrected chi connectivity index (χ0v) is 18.1. The van der Waals surface area contributed by atoms with Gasteiger partial charge in [-0.05, 0) is 40.4 Å². The molecule has 0 radical (unpaired) electrons. The molecule has 0 amide bonds. The maximum absolute atomic E-state index is 10.9. The van der Waals surface area contributed by atoms with Gasteiger partial charge >= 0.3 is 0 Å². The topological polar surface area (TPSA) is 43.1 Å². The third-order valence-electron chi connectivity index (χ3n) is 4.81. The van der Waals surface area contributed by atoms with Crippen molar-refractivity contribution in [3.05, 3.63) is 74.8 Å². The average Bonchev–Trinajstić information content (AvgIpc) is 2.61. The van der Waals surface area contributed by atoms with Crippen LogP contribution in [-0.4, -0.2) is 4.92 Å². The number of hydrogen-bond donors (Lipinski definition) is 0. The highest BCUT2D eigenvalue weighted by atomic mass is 16.6. The summed E-state index contributed by atoms with van der Waals surface area (Å²) in [7, 11) is 0. The maximum atomic E-state index is 10.9. The fourth-order valence-electron chi connectivity index (χ4n) is 2.83. The molecule has 0 N–H and O–H groups in total. The first-order valence-corrected chi connectivity index (χ1v) is 9.92. The molecular weight excluding hydrogens is 334 g/mol. The summed E-state index contributed by atoms with van der Waals surface area (Å²) in [6, 6.07) is 14.5. The van der Waals surface area contributed by atoms with Gasteiger partial charge in [-0.2, -0.15) is 0 Å². The summed E-state index contributed by atoms with van der Waals surface area (Å²) >= 11 is 0. The van der Waals surface area contributed by atoms with E-state index in [9.17, 15) is 10.1 Å². The van der Waals surface area contributed by atoms with Gasteiger partial charge in [-0.25, -0.2) is 0 Å². The van der Waals surface area contributed by atoms with Gasteiger partial charge in [0.1, 0.15) is 0 Å². The summed E-state index contributed by atoms with van der Waals surface area (Å²) in [5.41, 5.74) is 4.94. The maximum Gasteiger partial charge on any atom is 0.273 e. The van der Waals surface area contributed by atoms with Crippen LogP contribution in [0.15, 0.2) is 42.5 Å². The van der Waals surface area contributed by atoms with Gasteiger partial charge in [0, 0.05) is 11.6 Å². The SMILES string of the molecule is CC(C)c1ccc(C(C)C)c([N+](=O)[O-])c1.CC(C)c1ccc(C(C)C)cc1. The Hall–Kier alpha value is -2.16. The van der Waals surface area contributed by atoms with E-state index in [2.05, 4.69) is 52.0 Å². The number of nitro groups is 1. The summed E-state index contributed by atoms with van der Waals surface area (Å²) in [5.74, 6) is 1.80. The van der Waals surface area contributed by atoms with Crippen molar-refractivity contribution < 1.29 is 4.92 Å². The van der Waals surface area contributed by atoms with Crippen molar-refractivity contribution in [2.75, 3.05) is 0 Å². The highest BCUT2D eigenvalue weighted by Crippen LogP contribution is 2.29. The van der Waals surface area contributed by atoms with Crippen molar-refractivity contribution in [2.45, 2.75) is 79.1 Å². The van der Waals surface area contributed by atoms with E-state index >= 15 is 0 Å². The minimum absolute atomic E-state index is 0.187. The van der Waals surface area contributed by atoms with Crippen molar-refractivity contribution in [1.29, 1.82) is 0 Å². The smallest absolute Gasteiger partial charge is 0.258 e. The molecule has 2 rings (SSSR count). The normalized spacial score (nSPS) is 11.1. The van der Waals surface area contributed by atoms with Crippen molar-refractivity contribution in [3.63, 3.8) is 0 Å². The molecule has 0 spiro atoms. The van der Waals surface area contributed by atoms with Crippen LogP contribution in [0.1, 0.15) is 101 Å². The second-order valence-electron chi connectivity index (χ2n) is 8.36.